The number of aryl methyl sites for hydroxylation is 1. The van der Waals surface area contributed by atoms with Gasteiger partial charge in [0.05, 0.1) is 0 Å². The third-order valence-electron chi connectivity index (χ3n) is 5.23. The number of nitrogens with zero attached hydrogens (tertiary/aromatic N) is 3. The van der Waals surface area contributed by atoms with Crippen molar-refractivity contribution in [3.8, 4) is 0 Å². The average molecular weight is 392 g/mol. The molecule has 0 unspecified atom stereocenters. The molecule has 1 aromatic carbocycles. The van der Waals surface area contributed by atoms with Crippen LogP contribution in [0.4, 0.5) is 11.4 Å². The highest BCUT2D eigenvalue weighted by molar-refractivity contribution is 7.91. The highest BCUT2D eigenvalue weighted by Crippen LogP contribution is 2.27. The molecule has 26 heavy (non-hydrogen) atoms. The normalized spacial score (nSPS) is 19.3. The van der Waals surface area contributed by atoms with Gasteiger partial charge in [-0.3, -0.25) is 0 Å². The molecule has 2 fully saturated rings. The molecule has 7 heteroatoms. The van der Waals surface area contributed by atoms with Gasteiger partial charge in [0.15, 0.2) is 0 Å². The summed E-state index contributed by atoms with van der Waals surface area (Å²) in [4.78, 5) is 5.73. The zero-order chi connectivity index (χ0) is 18.1. The van der Waals surface area contributed by atoms with Gasteiger partial charge in [0.1, 0.15) is 4.21 Å². The summed E-state index contributed by atoms with van der Waals surface area (Å²) in [6, 6.07) is 12.3. The maximum absolute atomic E-state index is 12.7. The number of piperazine rings is 1. The second kappa shape index (κ2) is 7.21. The molecule has 0 atom stereocenters. The lowest BCUT2D eigenvalue weighted by Crippen LogP contribution is -2.48. The van der Waals surface area contributed by atoms with Gasteiger partial charge in [-0.05, 0) is 56.2 Å². The molecule has 2 aromatic rings. The number of thiophene rings is 1. The molecule has 0 amide bonds. The van der Waals surface area contributed by atoms with Crippen LogP contribution in [0.1, 0.15) is 17.7 Å². The quantitative estimate of drug-likeness (QED) is 0.803. The lowest BCUT2D eigenvalue weighted by molar-refractivity contribution is 0.386. The fourth-order valence-corrected chi connectivity index (χ4v) is 6.57. The Hall–Kier alpha value is -1.57. The van der Waals surface area contributed by atoms with E-state index in [0.29, 0.717) is 17.3 Å². The first-order valence-electron chi connectivity index (χ1n) is 9.20. The first kappa shape index (κ1) is 17.8. The molecule has 4 rings (SSSR count). The minimum Gasteiger partial charge on any atom is -0.372 e. The van der Waals surface area contributed by atoms with Crippen molar-refractivity contribution in [1.82, 2.24) is 4.31 Å². The first-order valence-corrected chi connectivity index (χ1v) is 11.5. The molecule has 0 saturated carbocycles. The Morgan fingerprint density at radius 2 is 1.31 bits per heavy atom. The van der Waals surface area contributed by atoms with Gasteiger partial charge in [0, 0.05) is 55.5 Å². The van der Waals surface area contributed by atoms with E-state index in [4.69, 9.17) is 0 Å². The molecule has 3 heterocycles. The summed E-state index contributed by atoms with van der Waals surface area (Å²) >= 11 is 1.35. The Kier molecular flexibility index (Phi) is 4.94. The predicted octanol–water partition coefficient (Wildman–Crippen LogP) is 3.17. The molecule has 140 valence electrons. The zero-order valence-electron chi connectivity index (χ0n) is 15.1. The van der Waals surface area contributed by atoms with Gasteiger partial charge in [-0.1, -0.05) is 0 Å². The van der Waals surface area contributed by atoms with Gasteiger partial charge in [-0.2, -0.15) is 4.31 Å². The van der Waals surface area contributed by atoms with E-state index in [1.807, 2.05) is 13.0 Å². The van der Waals surface area contributed by atoms with E-state index in [1.54, 1.807) is 10.4 Å². The van der Waals surface area contributed by atoms with Gasteiger partial charge in [-0.25, -0.2) is 8.42 Å². The van der Waals surface area contributed by atoms with Crippen LogP contribution >= 0.6 is 11.3 Å². The van der Waals surface area contributed by atoms with Gasteiger partial charge in [0.2, 0.25) is 0 Å². The van der Waals surface area contributed by atoms with Crippen molar-refractivity contribution in [2.45, 2.75) is 24.0 Å². The number of hydrogen-bond acceptors (Lipinski definition) is 5. The fraction of sp³-hybridized carbons (Fsp3) is 0.474. The van der Waals surface area contributed by atoms with Crippen LogP contribution in [-0.4, -0.2) is 52.0 Å². The van der Waals surface area contributed by atoms with E-state index >= 15 is 0 Å². The number of benzene rings is 1. The Morgan fingerprint density at radius 1 is 0.769 bits per heavy atom. The Bertz CT molecular complexity index is 847. The fourth-order valence-electron chi connectivity index (χ4n) is 3.71. The molecular formula is C19H25N3O2S2. The van der Waals surface area contributed by atoms with Crippen LogP contribution in [0.2, 0.25) is 0 Å². The van der Waals surface area contributed by atoms with E-state index in [0.717, 1.165) is 31.1 Å². The maximum Gasteiger partial charge on any atom is 0.252 e. The van der Waals surface area contributed by atoms with E-state index in [2.05, 4.69) is 34.1 Å². The zero-order valence-corrected chi connectivity index (χ0v) is 16.7. The van der Waals surface area contributed by atoms with Crippen LogP contribution in [-0.2, 0) is 10.0 Å². The van der Waals surface area contributed by atoms with Crippen molar-refractivity contribution in [2.75, 3.05) is 49.1 Å². The van der Waals surface area contributed by atoms with Crippen molar-refractivity contribution in [3.63, 3.8) is 0 Å². The van der Waals surface area contributed by atoms with Crippen molar-refractivity contribution >= 4 is 32.7 Å². The minimum atomic E-state index is -3.35. The summed E-state index contributed by atoms with van der Waals surface area (Å²) < 4.78 is 27.6. The van der Waals surface area contributed by atoms with E-state index < -0.39 is 10.0 Å². The van der Waals surface area contributed by atoms with Crippen LogP contribution in [0.3, 0.4) is 0 Å². The SMILES string of the molecule is Cc1ccc(S(=O)(=O)N2CCN(c3ccc(N4CCCC4)cc3)CC2)s1. The van der Waals surface area contributed by atoms with Gasteiger partial charge in [0.25, 0.3) is 10.0 Å². The van der Waals surface area contributed by atoms with Crippen molar-refractivity contribution in [1.29, 1.82) is 0 Å². The molecule has 1 aromatic heterocycles. The Morgan fingerprint density at radius 3 is 1.81 bits per heavy atom. The second-order valence-corrected chi connectivity index (χ2v) is 10.4. The Balaban J connectivity index is 1.40. The van der Waals surface area contributed by atoms with Crippen molar-refractivity contribution in [3.05, 3.63) is 41.3 Å². The van der Waals surface area contributed by atoms with Crippen molar-refractivity contribution in [2.24, 2.45) is 0 Å². The summed E-state index contributed by atoms with van der Waals surface area (Å²) in [6.45, 7) is 6.77. The Labute approximate surface area is 159 Å². The van der Waals surface area contributed by atoms with Crippen LogP contribution in [0.15, 0.2) is 40.6 Å². The summed E-state index contributed by atoms with van der Waals surface area (Å²) in [5, 5.41) is 0. The topological polar surface area (TPSA) is 43.9 Å². The van der Waals surface area contributed by atoms with Crippen LogP contribution < -0.4 is 9.80 Å². The molecule has 0 radical (unpaired) electrons. The largest absolute Gasteiger partial charge is 0.372 e. The monoisotopic (exact) mass is 391 g/mol. The molecule has 2 aliphatic rings. The summed E-state index contributed by atoms with van der Waals surface area (Å²) in [7, 11) is -3.35. The lowest BCUT2D eigenvalue weighted by atomic mass is 10.2. The summed E-state index contributed by atoms with van der Waals surface area (Å²) in [5.74, 6) is 0. The van der Waals surface area contributed by atoms with Crippen molar-refractivity contribution < 1.29 is 8.42 Å². The molecule has 0 N–H and O–H groups in total. The summed E-state index contributed by atoms with van der Waals surface area (Å²) in [5.41, 5.74) is 2.47. The highest BCUT2D eigenvalue weighted by Gasteiger charge is 2.29. The highest BCUT2D eigenvalue weighted by atomic mass is 32.2. The minimum absolute atomic E-state index is 0.457. The van der Waals surface area contributed by atoms with E-state index in [-0.39, 0.29) is 0 Å². The molecule has 0 spiro atoms. The maximum atomic E-state index is 12.7. The van der Waals surface area contributed by atoms with Gasteiger partial charge in [-0.15, -0.1) is 11.3 Å². The molecular weight excluding hydrogens is 366 g/mol. The third-order valence-corrected chi connectivity index (χ3v) is 8.60. The molecule has 2 saturated heterocycles. The van der Waals surface area contributed by atoms with Gasteiger partial charge >= 0.3 is 0 Å². The smallest absolute Gasteiger partial charge is 0.252 e. The van der Waals surface area contributed by atoms with E-state index in [9.17, 15) is 8.42 Å². The predicted molar refractivity (Wildman–Crippen MR) is 108 cm³/mol. The number of rotatable bonds is 4. The van der Waals surface area contributed by atoms with Crippen LogP contribution in [0, 0.1) is 6.92 Å². The van der Waals surface area contributed by atoms with Crippen LogP contribution in [0.25, 0.3) is 0 Å². The lowest BCUT2D eigenvalue weighted by Gasteiger charge is -2.35. The first-order chi connectivity index (χ1) is 12.5. The molecule has 5 nitrogen and oxygen atoms in total. The molecule has 0 bridgehead atoms. The van der Waals surface area contributed by atoms with Crippen LogP contribution in [0.5, 0.6) is 0 Å². The molecule has 2 aliphatic heterocycles. The molecule has 0 aliphatic carbocycles. The van der Waals surface area contributed by atoms with Gasteiger partial charge < -0.3 is 9.80 Å². The summed E-state index contributed by atoms with van der Waals surface area (Å²) in [6.07, 6.45) is 2.56. The number of hydrogen-bond donors (Lipinski definition) is 0. The standard InChI is InChI=1S/C19H25N3O2S2/c1-16-4-9-19(25-16)26(23,24)22-14-12-21(13-15-22)18-7-5-17(6-8-18)20-10-2-3-11-20/h4-9H,2-3,10-15H2,1H3. The second-order valence-electron chi connectivity index (χ2n) is 6.97. The third kappa shape index (κ3) is 3.48. The average Bonchev–Trinajstić information content (AvgIpc) is 3.34. The number of anilines is 2. The van der Waals surface area contributed by atoms with E-state index in [1.165, 1.54) is 35.6 Å². The number of sulfonamides is 1.